The number of amides is 1. The normalized spacial score (nSPS) is 37.8. The van der Waals surface area contributed by atoms with Gasteiger partial charge in [-0.15, -0.1) is 0 Å². The van der Waals surface area contributed by atoms with Crippen molar-refractivity contribution in [2.45, 2.75) is 37.6 Å². The van der Waals surface area contributed by atoms with Gasteiger partial charge in [-0.25, -0.2) is 0 Å². The Balaban J connectivity index is 2.83. The lowest BCUT2D eigenvalue weighted by Crippen LogP contribution is -2.64. The Kier molecular flexibility index (Phi) is 5.29. The third-order valence-electron chi connectivity index (χ3n) is 2.73. The maximum absolute atomic E-state index is 11.0. The van der Waals surface area contributed by atoms with Crippen LogP contribution in [0.15, 0.2) is 0 Å². The number of aliphatic hydroxyl groups is 2. The Morgan fingerprint density at radius 2 is 2.06 bits per heavy atom. The molecular formula is C10H19NO6. The summed E-state index contributed by atoms with van der Waals surface area (Å²) in [6, 6.07) is -0.731. The number of hydrogen-bond donors (Lipinski definition) is 3. The van der Waals surface area contributed by atoms with Crippen LogP contribution in [0.1, 0.15) is 6.92 Å². The number of aliphatic hydroxyl groups excluding tert-OH is 2. The first kappa shape index (κ1) is 14.3. The largest absolute Gasteiger partial charge is 0.394 e. The summed E-state index contributed by atoms with van der Waals surface area (Å²) < 4.78 is 15.5. The quantitative estimate of drug-likeness (QED) is 0.545. The van der Waals surface area contributed by atoms with Gasteiger partial charge in [-0.05, 0) is 0 Å². The number of hydrogen-bond acceptors (Lipinski definition) is 6. The van der Waals surface area contributed by atoms with E-state index in [0.29, 0.717) is 0 Å². The van der Waals surface area contributed by atoms with Gasteiger partial charge in [0.25, 0.3) is 0 Å². The summed E-state index contributed by atoms with van der Waals surface area (Å²) in [4.78, 5) is 11.0. The highest BCUT2D eigenvalue weighted by Crippen LogP contribution is 2.23. The summed E-state index contributed by atoms with van der Waals surface area (Å²) in [6.07, 6.45) is -3.24. The number of rotatable bonds is 4. The molecule has 3 N–H and O–H groups in total. The molecule has 7 nitrogen and oxygen atoms in total. The molecule has 1 fully saturated rings. The predicted molar refractivity (Wildman–Crippen MR) is 57.2 cm³/mol. The molecule has 1 heterocycles. The van der Waals surface area contributed by atoms with Gasteiger partial charge in [0.1, 0.15) is 24.4 Å². The minimum absolute atomic E-state index is 0.303. The van der Waals surface area contributed by atoms with Crippen molar-refractivity contribution in [2.75, 3.05) is 20.8 Å². The average molecular weight is 249 g/mol. The van der Waals surface area contributed by atoms with E-state index in [1.807, 2.05) is 0 Å². The molecule has 0 aromatic rings. The number of ether oxygens (including phenoxy) is 3. The Morgan fingerprint density at radius 3 is 2.47 bits per heavy atom. The molecule has 0 radical (unpaired) electrons. The van der Waals surface area contributed by atoms with E-state index in [9.17, 15) is 9.90 Å². The van der Waals surface area contributed by atoms with Crippen LogP contribution in [0.25, 0.3) is 0 Å². The Labute approximate surface area is 99.7 Å². The van der Waals surface area contributed by atoms with E-state index >= 15 is 0 Å². The standard InChI is InChI=1S/C10H19NO6/c1-5(13)11-7-8(14)9(15-2)6(4-12)17-10(7)16-3/h6-10,12,14H,4H2,1-3H3,(H,11,13)/t6?,7?,8-,9-,10-/m1/s1. The molecular weight excluding hydrogens is 230 g/mol. The fraction of sp³-hybridized carbons (Fsp3) is 0.900. The van der Waals surface area contributed by atoms with Crippen molar-refractivity contribution >= 4 is 5.91 Å². The van der Waals surface area contributed by atoms with Gasteiger partial charge in [-0.1, -0.05) is 0 Å². The van der Waals surface area contributed by atoms with Crippen LogP contribution in [0.4, 0.5) is 0 Å². The third kappa shape index (κ3) is 3.14. The molecule has 2 unspecified atom stereocenters. The van der Waals surface area contributed by atoms with Gasteiger partial charge in [0.2, 0.25) is 5.91 Å². The zero-order valence-corrected chi connectivity index (χ0v) is 10.1. The summed E-state index contributed by atoms with van der Waals surface area (Å²) in [5.41, 5.74) is 0. The van der Waals surface area contributed by atoms with Crippen LogP contribution >= 0.6 is 0 Å². The van der Waals surface area contributed by atoms with Gasteiger partial charge in [-0.3, -0.25) is 4.79 Å². The lowest BCUT2D eigenvalue weighted by molar-refractivity contribution is -0.267. The molecule has 1 aliphatic heterocycles. The van der Waals surface area contributed by atoms with Crippen molar-refractivity contribution in [3.05, 3.63) is 0 Å². The zero-order chi connectivity index (χ0) is 13.0. The zero-order valence-electron chi connectivity index (χ0n) is 10.1. The molecule has 1 rings (SSSR count). The molecule has 7 heteroatoms. The van der Waals surface area contributed by atoms with Gasteiger partial charge >= 0.3 is 0 Å². The maximum atomic E-state index is 11.0. The van der Waals surface area contributed by atoms with E-state index in [4.69, 9.17) is 19.3 Å². The van der Waals surface area contributed by atoms with Crippen molar-refractivity contribution in [1.29, 1.82) is 0 Å². The predicted octanol–water partition coefficient (Wildman–Crippen LogP) is -1.77. The van der Waals surface area contributed by atoms with Crippen LogP contribution < -0.4 is 5.32 Å². The van der Waals surface area contributed by atoms with Gasteiger partial charge in [0.15, 0.2) is 6.29 Å². The van der Waals surface area contributed by atoms with Crippen LogP contribution in [-0.2, 0) is 19.0 Å². The smallest absolute Gasteiger partial charge is 0.217 e. The monoisotopic (exact) mass is 249 g/mol. The first-order valence-electron chi connectivity index (χ1n) is 5.32. The van der Waals surface area contributed by atoms with Crippen LogP contribution in [0, 0.1) is 0 Å². The number of carbonyl (C=O) groups is 1. The molecule has 5 atom stereocenters. The molecule has 1 aliphatic rings. The van der Waals surface area contributed by atoms with Crippen molar-refractivity contribution in [1.82, 2.24) is 5.32 Å². The fourth-order valence-corrected chi connectivity index (χ4v) is 1.95. The molecule has 0 aromatic carbocycles. The Morgan fingerprint density at radius 1 is 1.41 bits per heavy atom. The Hall–Kier alpha value is -0.730. The average Bonchev–Trinajstić information content (AvgIpc) is 2.30. The van der Waals surface area contributed by atoms with Gasteiger partial charge in [-0.2, -0.15) is 0 Å². The summed E-state index contributed by atoms with van der Waals surface area (Å²) >= 11 is 0. The topological polar surface area (TPSA) is 97.2 Å². The van der Waals surface area contributed by atoms with Gasteiger partial charge in [0.05, 0.1) is 6.61 Å². The molecule has 17 heavy (non-hydrogen) atoms. The Bertz CT molecular complexity index is 261. The van der Waals surface area contributed by atoms with Crippen molar-refractivity contribution < 1.29 is 29.2 Å². The summed E-state index contributed by atoms with van der Waals surface area (Å²) in [7, 11) is 2.80. The van der Waals surface area contributed by atoms with E-state index < -0.39 is 30.6 Å². The summed E-state index contributed by atoms with van der Waals surface area (Å²) in [5, 5.41) is 21.7. The second-order valence-electron chi connectivity index (χ2n) is 3.88. The maximum Gasteiger partial charge on any atom is 0.217 e. The van der Waals surface area contributed by atoms with Crippen molar-refractivity contribution in [2.24, 2.45) is 0 Å². The minimum Gasteiger partial charge on any atom is -0.394 e. The molecule has 0 bridgehead atoms. The highest BCUT2D eigenvalue weighted by molar-refractivity contribution is 5.73. The molecule has 1 saturated heterocycles. The van der Waals surface area contributed by atoms with Crippen LogP contribution in [0.3, 0.4) is 0 Å². The molecule has 0 aliphatic carbocycles. The molecule has 0 aromatic heterocycles. The van der Waals surface area contributed by atoms with E-state index in [1.54, 1.807) is 0 Å². The lowest BCUT2D eigenvalue weighted by Gasteiger charge is -2.43. The third-order valence-corrected chi connectivity index (χ3v) is 2.73. The van der Waals surface area contributed by atoms with E-state index in [1.165, 1.54) is 21.1 Å². The molecule has 0 spiro atoms. The molecule has 0 saturated carbocycles. The SMILES string of the molecule is CO[C@@H]1OC(CO)[C@@H](OC)[C@H](O)C1NC(C)=O. The first-order valence-corrected chi connectivity index (χ1v) is 5.32. The second kappa shape index (κ2) is 6.27. The van der Waals surface area contributed by atoms with Crippen molar-refractivity contribution in [3.8, 4) is 0 Å². The highest BCUT2D eigenvalue weighted by Gasteiger charge is 2.45. The number of carbonyl (C=O) groups excluding carboxylic acids is 1. The van der Waals surface area contributed by atoms with Crippen LogP contribution in [0.2, 0.25) is 0 Å². The fourth-order valence-electron chi connectivity index (χ4n) is 1.95. The molecule has 100 valence electrons. The minimum atomic E-state index is -1.01. The molecule has 1 amide bonds. The summed E-state index contributed by atoms with van der Waals surface area (Å²) in [5.74, 6) is -0.308. The lowest BCUT2D eigenvalue weighted by atomic mass is 9.96. The second-order valence-corrected chi connectivity index (χ2v) is 3.88. The highest BCUT2D eigenvalue weighted by atomic mass is 16.7. The summed E-state index contributed by atoms with van der Waals surface area (Å²) in [6.45, 7) is 1.03. The van der Waals surface area contributed by atoms with E-state index in [2.05, 4.69) is 5.32 Å². The van der Waals surface area contributed by atoms with Gasteiger partial charge in [0, 0.05) is 21.1 Å². The van der Waals surface area contributed by atoms with Crippen LogP contribution in [-0.4, -0.2) is 67.6 Å². The number of nitrogens with one attached hydrogen (secondary N) is 1. The number of methoxy groups -OCH3 is 2. The van der Waals surface area contributed by atoms with E-state index in [0.717, 1.165) is 0 Å². The van der Waals surface area contributed by atoms with Crippen LogP contribution in [0.5, 0.6) is 0 Å². The van der Waals surface area contributed by atoms with Crippen molar-refractivity contribution in [3.63, 3.8) is 0 Å². The van der Waals surface area contributed by atoms with E-state index in [-0.39, 0.29) is 12.5 Å². The van der Waals surface area contributed by atoms with Gasteiger partial charge < -0.3 is 29.7 Å². The first-order chi connectivity index (χ1) is 8.04.